The molecule has 60 valence electrons. The Kier molecular flexibility index (Phi) is 1.98. The van der Waals surface area contributed by atoms with Crippen molar-refractivity contribution >= 4 is 0 Å². The Morgan fingerprint density at radius 2 is 2.18 bits per heavy atom. The van der Waals surface area contributed by atoms with Gasteiger partial charge in [-0.15, -0.1) is 0 Å². The first-order chi connectivity index (χ1) is 5.13. The van der Waals surface area contributed by atoms with Gasteiger partial charge in [0.15, 0.2) is 0 Å². The summed E-state index contributed by atoms with van der Waals surface area (Å²) in [7, 11) is 0. The number of hydrogen-bond acceptors (Lipinski definition) is 2. The quantitative estimate of drug-likeness (QED) is 0.602. The van der Waals surface area contributed by atoms with Crippen molar-refractivity contribution in [1.82, 2.24) is 4.68 Å². The fraction of sp³-hybridized carbons (Fsp3) is 0.375. The van der Waals surface area contributed by atoms with E-state index in [0.29, 0.717) is 0 Å². The largest absolute Gasteiger partial charge is 0.336 e. The molecule has 0 bridgehead atoms. The molecule has 1 heterocycles. The van der Waals surface area contributed by atoms with Crippen molar-refractivity contribution in [3.8, 4) is 0 Å². The third-order valence-electron chi connectivity index (χ3n) is 1.63. The Morgan fingerprint density at radius 1 is 1.55 bits per heavy atom. The highest BCUT2D eigenvalue weighted by atomic mass is 16.1. The van der Waals surface area contributed by atoms with Gasteiger partial charge in [-0.25, -0.2) is 4.68 Å². The molecule has 0 radical (unpaired) electrons. The van der Waals surface area contributed by atoms with E-state index in [4.69, 9.17) is 5.84 Å². The third kappa shape index (κ3) is 1.42. The third-order valence-corrected chi connectivity index (χ3v) is 1.63. The summed E-state index contributed by atoms with van der Waals surface area (Å²) >= 11 is 0. The summed E-state index contributed by atoms with van der Waals surface area (Å²) in [6.45, 7) is 3.94. The maximum Gasteiger partial charge on any atom is 0.272 e. The SMILES string of the molecule is CC(C)c1cccn(N)c1=O. The summed E-state index contributed by atoms with van der Waals surface area (Å²) in [6.07, 6.45) is 1.55. The van der Waals surface area contributed by atoms with E-state index in [1.807, 2.05) is 13.8 Å². The van der Waals surface area contributed by atoms with Crippen molar-refractivity contribution in [3.63, 3.8) is 0 Å². The first-order valence-electron chi connectivity index (χ1n) is 3.59. The summed E-state index contributed by atoms with van der Waals surface area (Å²) in [5.41, 5.74) is 0.650. The predicted molar refractivity (Wildman–Crippen MR) is 44.9 cm³/mol. The summed E-state index contributed by atoms with van der Waals surface area (Å²) in [5.74, 6) is 5.60. The van der Waals surface area contributed by atoms with Gasteiger partial charge in [0.25, 0.3) is 5.56 Å². The van der Waals surface area contributed by atoms with E-state index in [-0.39, 0.29) is 11.5 Å². The highest BCUT2D eigenvalue weighted by Gasteiger charge is 2.03. The van der Waals surface area contributed by atoms with Gasteiger partial charge in [-0.2, -0.15) is 0 Å². The Labute approximate surface area is 65.4 Å². The van der Waals surface area contributed by atoms with Crippen LogP contribution in [0.25, 0.3) is 0 Å². The molecule has 3 nitrogen and oxygen atoms in total. The van der Waals surface area contributed by atoms with Gasteiger partial charge in [0.1, 0.15) is 0 Å². The molecular formula is C8H12N2O. The lowest BCUT2D eigenvalue weighted by Gasteiger charge is -2.04. The second-order valence-corrected chi connectivity index (χ2v) is 2.83. The minimum Gasteiger partial charge on any atom is -0.336 e. The van der Waals surface area contributed by atoms with Crippen LogP contribution in [0.3, 0.4) is 0 Å². The van der Waals surface area contributed by atoms with Gasteiger partial charge in [0, 0.05) is 11.8 Å². The number of pyridine rings is 1. The molecular weight excluding hydrogens is 140 g/mol. The van der Waals surface area contributed by atoms with Crippen LogP contribution in [0.15, 0.2) is 23.1 Å². The van der Waals surface area contributed by atoms with Crippen molar-refractivity contribution in [2.24, 2.45) is 0 Å². The van der Waals surface area contributed by atoms with Crippen LogP contribution < -0.4 is 11.4 Å². The Balaban J connectivity index is 3.28. The molecule has 0 aliphatic carbocycles. The van der Waals surface area contributed by atoms with E-state index in [0.717, 1.165) is 10.2 Å². The van der Waals surface area contributed by atoms with Gasteiger partial charge in [-0.05, 0) is 12.0 Å². The summed E-state index contributed by atoms with van der Waals surface area (Å²) < 4.78 is 1.11. The number of nitrogens with zero attached hydrogens (tertiary/aromatic N) is 1. The molecule has 0 saturated heterocycles. The minimum absolute atomic E-state index is 0.109. The zero-order chi connectivity index (χ0) is 8.43. The molecule has 0 unspecified atom stereocenters. The number of aromatic nitrogens is 1. The van der Waals surface area contributed by atoms with Crippen LogP contribution in [0, 0.1) is 0 Å². The topological polar surface area (TPSA) is 48.0 Å². The molecule has 3 heteroatoms. The molecule has 0 atom stereocenters. The van der Waals surface area contributed by atoms with Crippen molar-refractivity contribution in [2.75, 3.05) is 5.84 Å². The summed E-state index contributed by atoms with van der Waals surface area (Å²) in [6, 6.07) is 3.58. The standard InChI is InChI=1S/C8H12N2O/c1-6(2)7-4-3-5-10(9)8(7)11/h3-6H,9H2,1-2H3. The van der Waals surface area contributed by atoms with Crippen LogP contribution in [0.2, 0.25) is 0 Å². The number of hydrogen-bond donors (Lipinski definition) is 1. The molecule has 11 heavy (non-hydrogen) atoms. The van der Waals surface area contributed by atoms with Gasteiger partial charge in [0.2, 0.25) is 0 Å². The van der Waals surface area contributed by atoms with Crippen LogP contribution in [0.5, 0.6) is 0 Å². The zero-order valence-electron chi connectivity index (χ0n) is 6.74. The molecule has 0 saturated carbocycles. The molecule has 0 aliphatic heterocycles. The lowest BCUT2D eigenvalue weighted by Crippen LogP contribution is -2.29. The number of rotatable bonds is 1. The van der Waals surface area contributed by atoms with E-state index in [9.17, 15) is 4.79 Å². The molecule has 0 spiro atoms. The van der Waals surface area contributed by atoms with Crippen LogP contribution in [-0.4, -0.2) is 4.68 Å². The van der Waals surface area contributed by atoms with Crippen LogP contribution in [0.4, 0.5) is 0 Å². The Bertz CT molecular complexity index is 301. The predicted octanol–water partition coefficient (Wildman–Crippen LogP) is 0.685. The Hall–Kier alpha value is -1.25. The fourth-order valence-corrected chi connectivity index (χ4v) is 0.967. The smallest absolute Gasteiger partial charge is 0.272 e. The van der Waals surface area contributed by atoms with Crippen molar-refractivity contribution < 1.29 is 0 Å². The average molecular weight is 152 g/mol. The first-order valence-corrected chi connectivity index (χ1v) is 3.59. The fourth-order valence-electron chi connectivity index (χ4n) is 0.967. The highest BCUT2D eigenvalue weighted by Crippen LogP contribution is 2.06. The van der Waals surface area contributed by atoms with E-state index in [1.165, 1.54) is 0 Å². The van der Waals surface area contributed by atoms with Gasteiger partial charge < -0.3 is 5.84 Å². The second kappa shape index (κ2) is 2.78. The summed E-state index contributed by atoms with van der Waals surface area (Å²) in [4.78, 5) is 11.2. The van der Waals surface area contributed by atoms with E-state index >= 15 is 0 Å². The average Bonchev–Trinajstić information content (AvgIpc) is 1.94. The molecule has 0 fully saturated rings. The monoisotopic (exact) mass is 152 g/mol. The molecule has 1 rings (SSSR count). The summed E-state index contributed by atoms with van der Waals surface area (Å²) in [5, 5.41) is 0. The van der Waals surface area contributed by atoms with Gasteiger partial charge >= 0.3 is 0 Å². The molecule has 0 aromatic carbocycles. The molecule has 0 amide bonds. The normalized spacial score (nSPS) is 10.5. The van der Waals surface area contributed by atoms with Crippen LogP contribution in [-0.2, 0) is 0 Å². The molecule has 2 N–H and O–H groups in total. The van der Waals surface area contributed by atoms with Crippen molar-refractivity contribution in [3.05, 3.63) is 34.2 Å². The lowest BCUT2D eigenvalue weighted by molar-refractivity contribution is 0.807. The zero-order valence-corrected chi connectivity index (χ0v) is 6.74. The van der Waals surface area contributed by atoms with Gasteiger partial charge in [0.05, 0.1) is 0 Å². The lowest BCUT2D eigenvalue weighted by atomic mass is 10.1. The highest BCUT2D eigenvalue weighted by molar-refractivity contribution is 5.13. The first kappa shape index (κ1) is 7.85. The molecule has 1 aromatic rings. The van der Waals surface area contributed by atoms with Crippen molar-refractivity contribution in [2.45, 2.75) is 19.8 Å². The maximum atomic E-state index is 11.2. The Morgan fingerprint density at radius 3 is 2.64 bits per heavy atom. The number of nitrogen functional groups attached to an aromatic ring is 1. The van der Waals surface area contributed by atoms with Gasteiger partial charge in [-0.3, -0.25) is 4.79 Å². The molecule has 1 aromatic heterocycles. The number of nitrogens with two attached hydrogens (primary N) is 1. The second-order valence-electron chi connectivity index (χ2n) is 2.83. The van der Waals surface area contributed by atoms with Crippen LogP contribution >= 0.6 is 0 Å². The maximum absolute atomic E-state index is 11.2. The minimum atomic E-state index is -0.109. The van der Waals surface area contributed by atoms with Gasteiger partial charge in [-0.1, -0.05) is 19.9 Å². The molecule has 0 aliphatic rings. The van der Waals surface area contributed by atoms with E-state index in [2.05, 4.69) is 0 Å². The van der Waals surface area contributed by atoms with E-state index in [1.54, 1.807) is 18.3 Å². The van der Waals surface area contributed by atoms with E-state index < -0.39 is 0 Å². The van der Waals surface area contributed by atoms with Crippen LogP contribution in [0.1, 0.15) is 25.3 Å². The van der Waals surface area contributed by atoms with Crippen molar-refractivity contribution in [1.29, 1.82) is 0 Å².